The standard InChI is InChI=1S/C15H16N4OS/c20-14(19-15-18-12(8-21-15)9-1-2-9)10-5-6-16-13(7-10)17-11-3-4-11/h5-9,11H,1-4H2,(H,16,17)(H,18,19,20). The van der Waals surface area contributed by atoms with E-state index in [2.05, 4.69) is 20.6 Å². The second-order valence-corrected chi connectivity index (χ2v) is 6.51. The van der Waals surface area contributed by atoms with Gasteiger partial charge in [0.1, 0.15) is 5.82 Å². The quantitative estimate of drug-likeness (QED) is 0.889. The van der Waals surface area contributed by atoms with Gasteiger partial charge in [0.2, 0.25) is 0 Å². The van der Waals surface area contributed by atoms with Crippen molar-refractivity contribution in [2.45, 2.75) is 37.6 Å². The van der Waals surface area contributed by atoms with Crippen LogP contribution >= 0.6 is 11.3 Å². The molecule has 6 heteroatoms. The number of hydrogen-bond donors (Lipinski definition) is 2. The van der Waals surface area contributed by atoms with Gasteiger partial charge in [0, 0.05) is 29.1 Å². The van der Waals surface area contributed by atoms with Crippen molar-refractivity contribution >= 4 is 28.2 Å². The molecule has 0 bridgehead atoms. The molecule has 2 aliphatic rings. The Morgan fingerprint density at radius 2 is 2.14 bits per heavy atom. The first-order chi connectivity index (χ1) is 10.3. The number of aromatic nitrogens is 2. The molecular formula is C15H16N4OS. The third kappa shape index (κ3) is 3.05. The van der Waals surface area contributed by atoms with E-state index >= 15 is 0 Å². The summed E-state index contributed by atoms with van der Waals surface area (Å²) in [5.74, 6) is 1.25. The Labute approximate surface area is 126 Å². The molecule has 0 radical (unpaired) electrons. The van der Waals surface area contributed by atoms with Crippen LogP contribution < -0.4 is 10.6 Å². The zero-order chi connectivity index (χ0) is 14.2. The molecule has 21 heavy (non-hydrogen) atoms. The van der Waals surface area contributed by atoms with Crippen LogP contribution in [0, 0.1) is 0 Å². The summed E-state index contributed by atoms with van der Waals surface area (Å²) in [6.45, 7) is 0. The first-order valence-corrected chi connectivity index (χ1v) is 8.15. The summed E-state index contributed by atoms with van der Waals surface area (Å²) in [4.78, 5) is 21.0. The maximum absolute atomic E-state index is 12.3. The van der Waals surface area contributed by atoms with Gasteiger partial charge in [-0.3, -0.25) is 10.1 Å². The monoisotopic (exact) mass is 300 g/mol. The minimum Gasteiger partial charge on any atom is -0.367 e. The highest BCUT2D eigenvalue weighted by Crippen LogP contribution is 2.40. The van der Waals surface area contributed by atoms with Gasteiger partial charge in [0.25, 0.3) is 5.91 Å². The number of hydrogen-bond acceptors (Lipinski definition) is 5. The summed E-state index contributed by atoms with van der Waals surface area (Å²) < 4.78 is 0. The smallest absolute Gasteiger partial charge is 0.257 e. The predicted molar refractivity (Wildman–Crippen MR) is 82.9 cm³/mol. The predicted octanol–water partition coefficient (Wildman–Crippen LogP) is 3.24. The van der Waals surface area contributed by atoms with Crippen molar-refractivity contribution in [3.63, 3.8) is 0 Å². The van der Waals surface area contributed by atoms with Gasteiger partial charge in [-0.15, -0.1) is 11.3 Å². The van der Waals surface area contributed by atoms with E-state index in [9.17, 15) is 4.79 Å². The zero-order valence-electron chi connectivity index (χ0n) is 11.5. The molecule has 5 nitrogen and oxygen atoms in total. The molecule has 2 N–H and O–H groups in total. The van der Waals surface area contributed by atoms with Crippen LogP contribution in [0.5, 0.6) is 0 Å². The van der Waals surface area contributed by atoms with E-state index < -0.39 is 0 Å². The summed E-state index contributed by atoms with van der Waals surface area (Å²) in [6, 6.07) is 4.04. The number of rotatable bonds is 5. The lowest BCUT2D eigenvalue weighted by Crippen LogP contribution is -2.13. The summed E-state index contributed by atoms with van der Waals surface area (Å²) in [7, 11) is 0. The highest BCUT2D eigenvalue weighted by molar-refractivity contribution is 7.14. The molecule has 4 rings (SSSR count). The molecule has 2 aliphatic carbocycles. The Hall–Kier alpha value is -1.95. The maximum atomic E-state index is 12.3. The Bertz CT molecular complexity index is 676. The zero-order valence-corrected chi connectivity index (χ0v) is 12.3. The second-order valence-electron chi connectivity index (χ2n) is 5.65. The topological polar surface area (TPSA) is 66.9 Å². The Morgan fingerprint density at radius 3 is 2.90 bits per heavy atom. The normalized spacial score (nSPS) is 17.5. The van der Waals surface area contributed by atoms with E-state index in [1.165, 1.54) is 37.0 Å². The molecule has 2 aromatic heterocycles. The number of carbonyl (C=O) groups is 1. The molecule has 0 aliphatic heterocycles. The van der Waals surface area contributed by atoms with Crippen molar-refractivity contribution in [2.24, 2.45) is 0 Å². The van der Waals surface area contributed by atoms with Gasteiger partial charge in [-0.05, 0) is 37.8 Å². The Morgan fingerprint density at radius 1 is 1.29 bits per heavy atom. The van der Waals surface area contributed by atoms with Gasteiger partial charge in [-0.1, -0.05) is 0 Å². The van der Waals surface area contributed by atoms with Crippen molar-refractivity contribution in [1.29, 1.82) is 0 Å². The van der Waals surface area contributed by atoms with Gasteiger partial charge in [-0.2, -0.15) is 0 Å². The van der Waals surface area contributed by atoms with Gasteiger partial charge in [0.15, 0.2) is 5.13 Å². The van der Waals surface area contributed by atoms with Gasteiger partial charge < -0.3 is 5.32 Å². The van der Waals surface area contributed by atoms with Gasteiger partial charge >= 0.3 is 0 Å². The minimum atomic E-state index is -0.132. The summed E-state index contributed by atoms with van der Waals surface area (Å²) in [6.07, 6.45) is 6.47. The number of anilines is 2. The average molecular weight is 300 g/mol. The minimum absolute atomic E-state index is 0.132. The van der Waals surface area contributed by atoms with Crippen molar-refractivity contribution in [1.82, 2.24) is 9.97 Å². The number of thiazole rings is 1. The third-order valence-electron chi connectivity index (χ3n) is 3.69. The molecule has 2 saturated carbocycles. The van der Waals surface area contributed by atoms with E-state index in [-0.39, 0.29) is 5.91 Å². The number of amides is 1. The first kappa shape index (κ1) is 12.8. The number of carbonyl (C=O) groups excluding carboxylic acids is 1. The van der Waals surface area contributed by atoms with E-state index in [4.69, 9.17) is 0 Å². The van der Waals surface area contributed by atoms with Crippen LogP contribution in [0.1, 0.15) is 47.7 Å². The molecule has 2 aromatic rings. The van der Waals surface area contributed by atoms with Gasteiger partial charge in [-0.25, -0.2) is 9.97 Å². The van der Waals surface area contributed by atoms with Crippen LogP contribution in [0.2, 0.25) is 0 Å². The largest absolute Gasteiger partial charge is 0.367 e. The van der Waals surface area contributed by atoms with E-state index in [1.807, 2.05) is 5.38 Å². The molecule has 0 atom stereocenters. The molecular weight excluding hydrogens is 284 g/mol. The SMILES string of the molecule is O=C(Nc1nc(C2CC2)cs1)c1ccnc(NC2CC2)c1. The molecule has 0 aromatic carbocycles. The molecule has 2 fully saturated rings. The lowest BCUT2D eigenvalue weighted by Gasteiger charge is -2.06. The van der Waals surface area contributed by atoms with Crippen LogP contribution in [0.3, 0.4) is 0 Å². The molecule has 0 saturated heterocycles. The van der Waals surface area contributed by atoms with Crippen molar-refractivity contribution in [2.75, 3.05) is 10.6 Å². The number of pyridine rings is 1. The van der Waals surface area contributed by atoms with E-state index in [1.54, 1.807) is 18.3 Å². The summed E-state index contributed by atoms with van der Waals surface area (Å²) >= 11 is 1.49. The van der Waals surface area contributed by atoms with Crippen LogP contribution in [0.25, 0.3) is 0 Å². The summed E-state index contributed by atoms with van der Waals surface area (Å²) in [5.41, 5.74) is 1.72. The molecule has 1 amide bonds. The lowest BCUT2D eigenvalue weighted by atomic mass is 10.2. The van der Waals surface area contributed by atoms with Gasteiger partial charge in [0.05, 0.1) is 5.69 Å². The molecule has 2 heterocycles. The van der Waals surface area contributed by atoms with E-state index in [0.717, 1.165) is 11.5 Å². The maximum Gasteiger partial charge on any atom is 0.257 e. The highest BCUT2D eigenvalue weighted by atomic mass is 32.1. The highest BCUT2D eigenvalue weighted by Gasteiger charge is 2.26. The first-order valence-electron chi connectivity index (χ1n) is 7.27. The van der Waals surface area contributed by atoms with E-state index in [0.29, 0.717) is 22.7 Å². The fourth-order valence-corrected chi connectivity index (χ4v) is 2.95. The van der Waals surface area contributed by atoms with Crippen LogP contribution in [0.15, 0.2) is 23.7 Å². The van der Waals surface area contributed by atoms with Crippen molar-refractivity contribution in [3.05, 3.63) is 35.0 Å². The molecule has 108 valence electrons. The lowest BCUT2D eigenvalue weighted by molar-refractivity contribution is 0.102. The summed E-state index contributed by atoms with van der Waals surface area (Å²) in [5, 5.41) is 8.89. The molecule has 0 spiro atoms. The fraction of sp³-hybridized carbons (Fsp3) is 0.400. The van der Waals surface area contributed by atoms with Crippen molar-refractivity contribution in [3.8, 4) is 0 Å². The average Bonchev–Trinajstić information content (AvgIpc) is 3.41. The fourth-order valence-electron chi connectivity index (χ4n) is 2.17. The van der Waals surface area contributed by atoms with Crippen LogP contribution in [-0.2, 0) is 0 Å². The Kier molecular flexibility index (Phi) is 3.11. The number of nitrogens with one attached hydrogen (secondary N) is 2. The molecule has 0 unspecified atom stereocenters. The van der Waals surface area contributed by atoms with Crippen LogP contribution in [0.4, 0.5) is 10.9 Å². The Balaban J connectivity index is 1.45. The third-order valence-corrected chi connectivity index (χ3v) is 4.47. The second kappa shape index (κ2) is 5.11. The van der Waals surface area contributed by atoms with Crippen molar-refractivity contribution < 1.29 is 4.79 Å². The number of nitrogens with zero attached hydrogens (tertiary/aromatic N) is 2. The van der Waals surface area contributed by atoms with Crippen LogP contribution in [-0.4, -0.2) is 21.9 Å².